The van der Waals surface area contributed by atoms with E-state index in [1.165, 1.54) is 60.8 Å². The molecule has 1 atom stereocenters. The lowest BCUT2D eigenvalue weighted by atomic mass is 9.89. The maximum Gasteiger partial charge on any atom is 0.143 e. The summed E-state index contributed by atoms with van der Waals surface area (Å²) in [6.07, 6.45) is 0. The van der Waals surface area contributed by atoms with Crippen LogP contribution in [-0.2, 0) is 0 Å². The van der Waals surface area contributed by atoms with E-state index in [0.29, 0.717) is 0 Å². The zero-order chi connectivity index (χ0) is 33.5. The van der Waals surface area contributed by atoms with Gasteiger partial charge in [-0.1, -0.05) is 146 Å². The highest BCUT2D eigenvalue weighted by atomic mass is 16.3. The van der Waals surface area contributed by atoms with E-state index < -0.39 is 0 Å². The van der Waals surface area contributed by atoms with Crippen LogP contribution in [0.3, 0.4) is 0 Å². The fourth-order valence-electron chi connectivity index (χ4n) is 8.60. The van der Waals surface area contributed by atoms with Crippen molar-refractivity contribution in [2.24, 2.45) is 0 Å². The van der Waals surface area contributed by atoms with Crippen LogP contribution in [0.15, 0.2) is 186 Å². The molecular formula is C49H31NO. The third kappa shape index (κ3) is 4.23. The molecule has 0 aliphatic heterocycles. The first kappa shape index (κ1) is 28.2. The van der Waals surface area contributed by atoms with Gasteiger partial charge in [0.05, 0.1) is 11.0 Å². The van der Waals surface area contributed by atoms with Crippen LogP contribution >= 0.6 is 0 Å². The molecule has 0 saturated heterocycles. The highest BCUT2D eigenvalue weighted by molar-refractivity contribution is 6.11. The van der Waals surface area contributed by atoms with Gasteiger partial charge in [0.1, 0.15) is 11.2 Å². The van der Waals surface area contributed by atoms with Crippen LogP contribution in [0.4, 0.5) is 0 Å². The fraction of sp³-hybridized carbons (Fsp3) is 0.0204. The Balaban J connectivity index is 1.08. The number of fused-ring (bicyclic) bond motifs is 9. The number of nitrogens with zero attached hydrogens (tertiary/aromatic N) is 1. The van der Waals surface area contributed by atoms with Crippen LogP contribution in [0.25, 0.3) is 82.8 Å². The quantitative estimate of drug-likeness (QED) is 0.186. The second kappa shape index (κ2) is 10.9. The van der Waals surface area contributed by atoms with Crippen molar-refractivity contribution >= 4 is 43.7 Å². The van der Waals surface area contributed by atoms with Crippen molar-refractivity contribution in [3.05, 3.63) is 199 Å². The van der Waals surface area contributed by atoms with E-state index in [1.54, 1.807) is 0 Å². The summed E-state index contributed by atoms with van der Waals surface area (Å²) in [6, 6.07) is 66.2. The lowest BCUT2D eigenvalue weighted by Crippen LogP contribution is -1.98. The SMILES string of the molecule is c1ccc(C2c3ccccc3-c3cc(-c4ccc5c6ccccc6n(-c6cccc(-c7cccc8c7oc7ccccc78)c6)c5c4)ccc32)cc1. The Morgan fingerprint density at radius 2 is 1.08 bits per heavy atom. The predicted molar refractivity (Wildman–Crippen MR) is 212 cm³/mol. The molecule has 8 aromatic carbocycles. The minimum Gasteiger partial charge on any atom is -0.455 e. The van der Waals surface area contributed by atoms with Gasteiger partial charge in [0, 0.05) is 38.7 Å². The molecule has 0 radical (unpaired) electrons. The molecule has 2 aromatic heterocycles. The van der Waals surface area contributed by atoms with Crippen molar-refractivity contribution in [3.8, 4) is 39.1 Å². The molecule has 11 rings (SSSR count). The fourth-order valence-corrected chi connectivity index (χ4v) is 8.60. The van der Waals surface area contributed by atoms with Crippen molar-refractivity contribution < 1.29 is 4.42 Å². The lowest BCUT2D eigenvalue weighted by molar-refractivity contribution is 0.670. The van der Waals surface area contributed by atoms with Crippen LogP contribution < -0.4 is 0 Å². The van der Waals surface area contributed by atoms with Crippen molar-refractivity contribution in [3.63, 3.8) is 0 Å². The third-order valence-electron chi connectivity index (χ3n) is 10.9. The van der Waals surface area contributed by atoms with Crippen molar-refractivity contribution in [1.29, 1.82) is 0 Å². The largest absolute Gasteiger partial charge is 0.455 e. The maximum absolute atomic E-state index is 6.45. The summed E-state index contributed by atoms with van der Waals surface area (Å²) in [5, 5.41) is 4.78. The van der Waals surface area contributed by atoms with Crippen molar-refractivity contribution in [2.45, 2.75) is 5.92 Å². The van der Waals surface area contributed by atoms with Crippen LogP contribution in [0.2, 0.25) is 0 Å². The van der Waals surface area contributed by atoms with Gasteiger partial charge in [-0.25, -0.2) is 0 Å². The summed E-state index contributed by atoms with van der Waals surface area (Å²) in [5.41, 5.74) is 16.7. The molecule has 51 heavy (non-hydrogen) atoms. The highest BCUT2D eigenvalue weighted by Crippen LogP contribution is 2.49. The number of hydrogen-bond donors (Lipinski definition) is 0. The molecule has 1 aliphatic carbocycles. The van der Waals surface area contributed by atoms with Gasteiger partial charge in [-0.2, -0.15) is 0 Å². The molecule has 1 aliphatic rings. The van der Waals surface area contributed by atoms with E-state index in [1.807, 2.05) is 12.1 Å². The van der Waals surface area contributed by atoms with Crippen LogP contribution in [0.1, 0.15) is 22.6 Å². The number of rotatable bonds is 4. The van der Waals surface area contributed by atoms with E-state index in [2.05, 4.69) is 174 Å². The summed E-state index contributed by atoms with van der Waals surface area (Å²) < 4.78 is 8.87. The molecular weight excluding hydrogens is 619 g/mol. The summed E-state index contributed by atoms with van der Waals surface area (Å²) >= 11 is 0. The number of benzene rings is 8. The monoisotopic (exact) mass is 649 g/mol. The van der Waals surface area contributed by atoms with Gasteiger partial charge in [-0.3, -0.25) is 0 Å². The molecule has 2 nitrogen and oxygen atoms in total. The number of furan rings is 1. The Hall–Kier alpha value is -6.64. The lowest BCUT2D eigenvalue weighted by Gasteiger charge is -2.15. The summed E-state index contributed by atoms with van der Waals surface area (Å²) in [5.74, 6) is 0.245. The van der Waals surface area contributed by atoms with E-state index in [0.717, 1.165) is 38.8 Å². The van der Waals surface area contributed by atoms with Crippen molar-refractivity contribution in [1.82, 2.24) is 4.57 Å². The third-order valence-corrected chi connectivity index (χ3v) is 10.9. The number of para-hydroxylation sites is 3. The van der Waals surface area contributed by atoms with E-state index >= 15 is 0 Å². The molecule has 1 unspecified atom stereocenters. The van der Waals surface area contributed by atoms with E-state index in [4.69, 9.17) is 4.42 Å². The normalized spacial score (nSPS) is 13.7. The molecule has 0 amide bonds. The van der Waals surface area contributed by atoms with Gasteiger partial charge in [0.25, 0.3) is 0 Å². The van der Waals surface area contributed by atoms with Crippen molar-refractivity contribution in [2.75, 3.05) is 0 Å². The Morgan fingerprint density at radius 3 is 2.02 bits per heavy atom. The summed E-state index contributed by atoms with van der Waals surface area (Å²) in [6.45, 7) is 0. The molecule has 0 spiro atoms. The average Bonchev–Trinajstić information content (AvgIpc) is 3.85. The summed E-state index contributed by atoms with van der Waals surface area (Å²) in [4.78, 5) is 0. The average molecular weight is 650 g/mol. The first-order valence-electron chi connectivity index (χ1n) is 17.6. The predicted octanol–water partition coefficient (Wildman–Crippen LogP) is 13.2. The van der Waals surface area contributed by atoms with E-state index in [9.17, 15) is 0 Å². The van der Waals surface area contributed by atoms with Crippen LogP contribution in [0, 0.1) is 0 Å². The highest BCUT2D eigenvalue weighted by Gasteiger charge is 2.30. The maximum atomic E-state index is 6.45. The topological polar surface area (TPSA) is 18.1 Å². The van der Waals surface area contributed by atoms with Gasteiger partial charge in [0.15, 0.2) is 0 Å². The molecule has 2 heterocycles. The van der Waals surface area contributed by atoms with Gasteiger partial charge in [-0.15, -0.1) is 0 Å². The molecule has 0 saturated carbocycles. The summed E-state index contributed by atoms with van der Waals surface area (Å²) in [7, 11) is 0. The Kier molecular flexibility index (Phi) is 6.05. The first-order chi connectivity index (χ1) is 25.3. The molecule has 0 N–H and O–H groups in total. The molecule has 2 heteroatoms. The minimum atomic E-state index is 0.245. The molecule has 0 fully saturated rings. The Bertz CT molecular complexity index is 2980. The second-order valence-corrected chi connectivity index (χ2v) is 13.6. The van der Waals surface area contributed by atoms with Gasteiger partial charge in [-0.05, 0) is 80.9 Å². The van der Waals surface area contributed by atoms with Crippen LogP contribution in [-0.4, -0.2) is 4.57 Å². The Morgan fingerprint density at radius 1 is 0.392 bits per heavy atom. The van der Waals surface area contributed by atoms with Crippen LogP contribution in [0.5, 0.6) is 0 Å². The molecule has 0 bridgehead atoms. The molecule has 238 valence electrons. The zero-order valence-electron chi connectivity index (χ0n) is 27.8. The van der Waals surface area contributed by atoms with Gasteiger partial charge < -0.3 is 8.98 Å². The molecule has 10 aromatic rings. The standard InChI is InChI=1S/C49H31NO/c1-2-12-31(13-3-1)48-41-19-5-4-16-37(41)44-29-32(25-27-42(44)48)33-24-26-39-38-17-6-8-22-45(38)50(46(39)30-33)35-15-10-14-34(28-35)36-20-11-21-43-40-18-7-9-23-47(40)51-49(36)43/h1-30,48H. The Labute approximate surface area is 295 Å². The second-order valence-electron chi connectivity index (χ2n) is 13.6. The zero-order valence-corrected chi connectivity index (χ0v) is 27.8. The first-order valence-corrected chi connectivity index (χ1v) is 17.6. The van der Waals surface area contributed by atoms with Gasteiger partial charge >= 0.3 is 0 Å². The number of hydrogen-bond acceptors (Lipinski definition) is 1. The minimum absolute atomic E-state index is 0.245. The number of aromatic nitrogens is 1. The smallest absolute Gasteiger partial charge is 0.143 e. The van der Waals surface area contributed by atoms with E-state index in [-0.39, 0.29) is 5.92 Å². The van der Waals surface area contributed by atoms with Gasteiger partial charge in [0.2, 0.25) is 0 Å².